The van der Waals surface area contributed by atoms with Crippen molar-refractivity contribution in [2.45, 2.75) is 26.2 Å². The monoisotopic (exact) mass is 397 g/mol. The van der Waals surface area contributed by atoms with Crippen molar-refractivity contribution in [3.05, 3.63) is 47.6 Å². The van der Waals surface area contributed by atoms with E-state index in [9.17, 15) is 0 Å². The Bertz CT molecular complexity index is 1140. The van der Waals surface area contributed by atoms with E-state index in [-0.39, 0.29) is 10.7 Å². The van der Waals surface area contributed by atoms with Gasteiger partial charge in [-0.1, -0.05) is 25.9 Å². The summed E-state index contributed by atoms with van der Waals surface area (Å²) in [6, 6.07) is 9.53. The summed E-state index contributed by atoms with van der Waals surface area (Å²) in [5.41, 5.74) is 2.55. The lowest BCUT2D eigenvalue weighted by atomic mass is 9.93. The third kappa shape index (κ3) is 3.63. The normalized spacial score (nSPS) is 11.8. The Morgan fingerprint density at radius 1 is 1.04 bits per heavy atom. The van der Waals surface area contributed by atoms with E-state index >= 15 is 0 Å². The summed E-state index contributed by atoms with van der Waals surface area (Å²) >= 11 is 5.84. The van der Waals surface area contributed by atoms with Crippen molar-refractivity contribution in [3.63, 3.8) is 0 Å². The molecule has 0 saturated heterocycles. The second kappa shape index (κ2) is 6.79. The predicted octanol–water partition coefficient (Wildman–Crippen LogP) is 4.79. The van der Waals surface area contributed by atoms with E-state index in [0.717, 1.165) is 22.5 Å². The second-order valence-corrected chi connectivity index (χ2v) is 7.82. The largest absolute Gasteiger partial charge is 0.359 e. The lowest BCUT2D eigenvalue weighted by Crippen LogP contribution is -2.09. The molecular weight excluding hydrogens is 378 g/mol. The first-order valence-electron chi connectivity index (χ1n) is 8.76. The van der Waals surface area contributed by atoms with Crippen LogP contribution in [0.1, 0.15) is 26.5 Å². The minimum Gasteiger partial charge on any atom is -0.359 e. The van der Waals surface area contributed by atoms with Crippen molar-refractivity contribution in [2.24, 2.45) is 7.05 Å². The molecule has 144 valence electrons. The van der Waals surface area contributed by atoms with Crippen molar-refractivity contribution < 1.29 is 4.52 Å². The lowest BCUT2D eigenvalue weighted by Gasteiger charge is -2.12. The van der Waals surface area contributed by atoms with Gasteiger partial charge in [-0.15, -0.1) is 0 Å². The quantitative estimate of drug-likeness (QED) is 0.478. The molecule has 0 unspecified atom stereocenters. The molecule has 0 amide bonds. The third-order valence-corrected chi connectivity index (χ3v) is 4.45. The number of rotatable bonds is 4. The molecule has 8 nitrogen and oxygen atoms in total. The summed E-state index contributed by atoms with van der Waals surface area (Å²) in [5, 5.41) is 10.7. The molecule has 28 heavy (non-hydrogen) atoms. The summed E-state index contributed by atoms with van der Waals surface area (Å²) in [6.07, 6.45) is 1.60. The van der Waals surface area contributed by atoms with Gasteiger partial charge in [-0.2, -0.15) is 0 Å². The summed E-state index contributed by atoms with van der Waals surface area (Å²) in [4.78, 5) is 12.7. The van der Waals surface area contributed by atoms with Gasteiger partial charge in [0.2, 0.25) is 11.2 Å². The fraction of sp³-hybridized carbons (Fsp3) is 0.263. The van der Waals surface area contributed by atoms with E-state index in [2.05, 4.69) is 51.5 Å². The van der Waals surface area contributed by atoms with Crippen molar-refractivity contribution >= 4 is 45.9 Å². The predicted molar refractivity (Wildman–Crippen MR) is 110 cm³/mol. The van der Waals surface area contributed by atoms with Crippen molar-refractivity contribution in [1.29, 1.82) is 0 Å². The molecule has 0 bridgehead atoms. The average molecular weight is 398 g/mol. The summed E-state index contributed by atoms with van der Waals surface area (Å²) < 4.78 is 7.39. The molecular formula is C19H20ClN7O. The smallest absolute Gasteiger partial charge is 0.224 e. The summed E-state index contributed by atoms with van der Waals surface area (Å²) in [7, 11) is 1.94. The first-order valence-corrected chi connectivity index (χ1v) is 9.14. The number of anilines is 4. The molecule has 0 spiro atoms. The van der Waals surface area contributed by atoms with Crippen LogP contribution in [0, 0.1) is 0 Å². The van der Waals surface area contributed by atoms with E-state index in [0.29, 0.717) is 17.6 Å². The minimum atomic E-state index is -0.107. The number of halogens is 1. The molecule has 0 saturated carbocycles. The van der Waals surface area contributed by atoms with Gasteiger partial charge >= 0.3 is 0 Å². The number of aryl methyl sites for hydroxylation is 1. The van der Waals surface area contributed by atoms with Crippen molar-refractivity contribution in [3.8, 4) is 0 Å². The maximum Gasteiger partial charge on any atom is 0.224 e. The molecule has 0 aliphatic rings. The Labute approximate surface area is 166 Å². The van der Waals surface area contributed by atoms with E-state index in [1.165, 1.54) is 0 Å². The Hall–Kier alpha value is -3.13. The fourth-order valence-electron chi connectivity index (χ4n) is 2.74. The van der Waals surface area contributed by atoms with E-state index in [4.69, 9.17) is 16.1 Å². The standard InChI is InChI=1S/C19H20ClN7O/c1-19(2,3)14-10-16(26-28-14)25-18-23-12-9-11(5-6-13(12)27(18)4)22-15-7-8-21-17(20)24-15/h5-10H,1-4H3,(H,21,22,24)(H,23,25,26). The number of nitrogens with zero attached hydrogens (tertiary/aromatic N) is 5. The molecule has 3 aromatic heterocycles. The van der Waals surface area contributed by atoms with Crippen molar-refractivity contribution in [1.82, 2.24) is 24.7 Å². The number of imidazole rings is 1. The first-order chi connectivity index (χ1) is 13.3. The number of benzene rings is 1. The van der Waals surface area contributed by atoms with E-state index < -0.39 is 0 Å². The van der Waals surface area contributed by atoms with Gasteiger partial charge in [0.05, 0.1) is 11.0 Å². The van der Waals surface area contributed by atoms with Crippen LogP contribution in [-0.2, 0) is 12.5 Å². The van der Waals surface area contributed by atoms with Crippen molar-refractivity contribution in [2.75, 3.05) is 10.6 Å². The lowest BCUT2D eigenvalue weighted by molar-refractivity contribution is 0.331. The molecule has 0 fully saturated rings. The third-order valence-electron chi connectivity index (χ3n) is 4.27. The Morgan fingerprint density at radius 3 is 2.57 bits per heavy atom. The van der Waals surface area contributed by atoms with Crippen LogP contribution >= 0.6 is 11.6 Å². The van der Waals surface area contributed by atoms with Gasteiger partial charge in [0, 0.05) is 30.4 Å². The van der Waals surface area contributed by atoms with Crippen LogP contribution in [-0.4, -0.2) is 24.7 Å². The highest BCUT2D eigenvalue weighted by Crippen LogP contribution is 2.28. The Balaban J connectivity index is 1.60. The highest BCUT2D eigenvalue weighted by atomic mass is 35.5. The SMILES string of the molecule is Cn1c(Nc2cc(C(C)(C)C)on2)nc2cc(Nc3ccnc(Cl)n3)ccc21. The number of fused-ring (bicyclic) bond motifs is 1. The van der Waals surface area contributed by atoms with Crippen LogP contribution in [0.2, 0.25) is 5.28 Å². The van der Waals surface area contributed by atoms with Gasteiger partial charge in [-0.25, -0.2) is 15.0 Å². The summed E-state index contributed by atoms with van der Waals surface area (Å²) in [6.45, 7) is 6.23. The van der Waals surface area contributed by atoms with Gasteiger partial charge in [-0.05, 0) is 35.9 Å². The Kier molecular flexibility index (Phi) is 4.43. The molecule has 0 radical (unpaired) electrons. The van der Waals surface area contributed by atoms with Crippen LogP contribution in [0.25, 0.3) is 11.0 Å². The van der Waals surface area contributed by atoms with Crippen LogP contribution in [0.4, 0.5) is 23.3 Å². The molecule has 0 aliphatic carbocycles. The zero-order chi connectivity index (χ0) is 19.9. The highest BCUT2D eigenvalue weighted by molar-refractivity contribution is 6.28. The Morgan fingerprint density at radius 2 is 1.86 bits per heavy atom. The molecule has 0 atom stereocenters. The second-order valence-electron chi connectivity index (χ2n) is 7.49. The first kappa shape index (κ1) is 18.2. The van der Waals surface area contributed by atoms with Crippen LogP contribution < -0.4 is 10.6 Å². The molecule has 0 aliphatic heterocycles. The number of hydrogen-bond donors (Lipinski definition) is 2. The van der Waals surface area contributed by atoms with Gasteiger partial charge < -0.3 is 19.7 Å². The van der Waals surface area contributed by atoms with Crippen LogP contribution in [0.15, 0.2) is 41.1 Å². The maximum atomic E-state index is 5.84. The zero-order valence-corrected chi connectivity index (χ0v) is 16.7. The van der Waals surface area contributed by atoms with Gasteiger partial charge in [0.15, 0.2) is 5.82 Å². The fourth-order valence-corrected chi connectivity index (χ4v) is 2.89. The summed E-state index contributed by atoms with van der Waals surface area (Å²) in [5.74, 6) is 2.72. The minimum absolute atomic E-state index is 0.107. The molecule has 4 rings (SSSR count). The number of hydrogen-bond acceptors (Lipinski definition) is 7. The topological polar surface area (TPSA) is 93.7 Å². The maximum absolute atomic E-state index is 5.84. The highest BCUT2D eigenvalue weighted by Gasteiger charge is 2.20. The molecule has 3 heterocycles. The van der Waals surface area contributed by atoms with Gasteiger partial charge in [-0.3, -0.25) is 0 Å². The van der Waals surface area contributed by atoms with E-state index in [1.807, 2.05) is 35.9 Å². The zero-order valence-electron chi connectivity index (χ0n) is 16.0. The molecule has 9 heteroatoms. The van der Waals surface area contributed by atoms with Gasteiger partial charge in [0.1, 0.15) is 11.6 Å². The van der Waals surface area contributed by atoms with Crippen LogP contribution in [0.3, 0.4) is 0 Å². The van der Waals surface area contributed by atoms with Gasteiger partial charge in [0.25, 0.3) is 0 Å². The molecule has 4 aromatic rings. The number of aromatic nitrogens is 5. The molecule has 1 aromatic carbocycles. The van der Waals surface area contributed by atoms with Crippen LogP contribution in [0.5, 0.6) is 0 Å². The average Bonchev–Trinajstić information content (AvgIpc) is 3.21. The molecule has 2 N–H and O–H groups in total. The van der Waals surface area contributed by atoms with E-state index in [1.54, 1.807) is 12.3 Å². The number of nitrogens with one attached hydrogen (secondary N) is 2.